The standard InChI is InChI=1S/C29H44O7/c1-9-34-24(32)29(25(33)35-10-2)17-20-12-13-22(16-21(20)18-29)28(8,23(31)36-26(3,4)5)15-11-14-27(6,7)19-30/h12-13,16,30H,9-11,14-15,17-19H2,1-8H3. The number of aliphatic hydroxyl groups is 1. The summed E-state index contributed by atoms with van der Waals surface area (Å²) in [6, 6.07) is 5.72. The maximum absolute atomic E-state index is 13.5. The van der Waals surface area contributed by atoms with Gasteiger partial charge in [-0.05, 0) is 89.3 Å². The van der Waals surface area contributed by atoms with Gasteiger partial charge in [-0.15, -0.1) is 0 Å². The summed E-state index contributed by atoms with van der Waals surface area (Å²) in [4.78, 5) is 39.4. The van der Waals surface area contributed by atoms with Crippen LogP contribution in [0, 0.1) is 10.8 Å². The van der Waals surface area contributed by atoms with Crippen molar-refractivity contribution in [1.29, 1.82) is 0 Å². The van der Waals surface area contributed by atoms with Gasteiger partial charge in [-0.3, -0.25) is 14.4 Å². The molecule has 1 aliphatic carbocycles. The monoisotopic (exact) mass is 504 g/mol. The topological polar surface area (TPSA) is 99.1 Å². The summed E-state index contributed by atoms with van der Waals surface area (Å²) in [5.41, 5.74) is -0.769. The molecule has 0 fully saturated rings. The molecule has 0 spiro atoms. The van der Waals surface area contributed by atoms with Crippen molar-refractivity contribution < 1.29 is 33.7 Å². The van der Waals surface area contributed by atoms with Crippen LogP contribution in [0.3, 0.4) is 0 Å². The van der Waals surface area contributed by atoms with E-state index >= 15 is 0 Å². The van der Waals surface area contributed by atoms with Crippen molar-refractivity contribution in [1.82, 2.24) is 0 Å². The van der Waals surface area contributed by atoms with Gasteiger partial charge in [0.25, 0.3) is 0 Å². The molecule has 0 amide bonds. The molecule has 1 unspecified atom stereocenters. The Morgan fingerprint density at radius 2 is 1.44 bits per heavy atom. The second-order valence-electron chi connectivity index (χ2n) is 11.9. The van der Waals surface area contributed by atoms with Crippen molar-refractivity contribution >= 4 is 17.9 Å². The Morgan fingerprint density at radius 3 is 1.94 bits per heavy atom. The Bertz CT molecular complexity index is 939. The zero-order valence-electron chi connectivity index (χ0n) is 23.3. The number of aliphatic hydroxyl groups excluding tert-OH is 1. The molecule has 1 aromatic carbocycles. The second-order valence-corrected chi connectivity index (χ2v) is 11.9. The Labute approximate surface area is 215 Å². The van der Waals surface area contributed by atoms with Crippen LogP contribution in [-0.2, 0) is 46.9 Å². The lowest BCUT2D eigenvalue weighted by molar-refractivity contribution is -0.171. The molecule has 0 saturated carbocycles. The van der Waals surface area contributed by atoms with Crippen LogP contribution in [0.1, 0.15) is 91.3 Å². The lowest BCUT2D eigenvalue weighted by Crippen LogP contribution is -2.43. The predicted molar refractivity (Wildman–Crippen MR) is 137 cm³/mol. The van der Waals surface area contributed by atoms with E-state index < -0.39 is 28.4 Å². The van der Waals surface area contributed by atoms with Gasteiger partial charge < -0.3 is 19.3 Å². The van der Waals surface area contributed by atoms with Gasteiger partial charge in [0, 0.05) is 6.61 Å². The first-order chi connectivity index (χ1) is 16.6. The molecule has 1 atom stereocenters. The summed E-state index contributed by atoms with van der Waals surface area (Å²) in [7, 11) is 0. The van der Waals surface area contributed by atoms with E-state index in [-0.39, 0.29) is 44.0 Å². The maximum atomic E-state index is 13.5. The van der Waals surface area contributed by atoms with Gasteiger partial charge in [-0.2, -0.15) is 0 Å². The number of benzene rings is 1. The molecule has 36 heavy (non-hydrogen) atoms. The summed E-state index contributed by atoms with van der Waals surface area (Å²) >= 11 is 0. The summed E-state index contributed by atoms with van der Waals surface area (Å²) in [5, 5.41) is 9.66. The summed E-state index contributed by atoms with van der Waals surface area (Å²) in [6.07, 6.45) is 2.37. The lowest BCUT2D eigenvalue weighted by atomic mass is 9.75. The molecule has 1 N–H and O–H groups in total. The Hall–Kier alpha value is -2.41. The van der Waals surface area contributed by atoms with Crippen molar-refractivity contribution in [3.8, 4) is 0 Å². The van der Waals surface area contributed by atoms with E-state index in [1.54, 1.807) is 13.8 Å². The number of carbonyl (C=O) groups excluding carboxylic acids is 3. The third kappa shape index (κ3) is 6.67. The van der Waals surface area contributed by atoms with E-state index in [0.717, 1.165) is 29.5 Å². The zero-order valence-corrected chi connectivity index (χ0v) is 23.3. The van der Waals surface area contributed by atoms with E-state index in [1.807, 2.05) is 59.7 Å². The minimum absolute atomic E-state index is 0.0683. The van der Waals surface area contributed by atoms with Crippen molar-refractivity contribution in [3.05, 3.63) is 34.9 Å². The largest absolute Gasteiger partial charge is 0.465 e. The van der Waals surface area contributed by atoms with E-state index in [1.165, 1.54) is 0 Å². The van der Waals surface area contributed by atoms with Gasteiger partial charge in [-0.1, -0.05) is 38.5 Å². The molecule has 7 heteroatoms. The summed E-state index contributed by atoms with van der Waals surface area (Å²) in [5.74, 6) is -1.48. The average molecular weight is 505 g/mol. The summed E-state index contributed by atoms with van der Waals surface area (Å²) in [6.45, 7) is 15.2. The number of fused-ring (bicyclic) bond motifs is 1. The van der Waals surface area contributed by atoms with Crippen LogP contribution in [0.4, 0.5) is 0 Å². The molecule has 0 aliphatic heterocycles. The minimum Gasteiger partial charge on any atom is -0.465 e. The highest BCUT2D eigenvalue weighted by Crippen LogP contribution is 2.43. The van der Waals surface area contributed by atoms with Gasteiger partial charge >= 0.3 is 17.9 Å². The number of hydrogen-bond donors (Lipinski definition) is 1. The number of hydrogen-bond acceptors (Lipinski definition) is 7. The van der Waals surface area contributed by atoms with E-state index in [0.29, 0.717) is 6.42 Å². The molecule has 2 rings (SSSR count). The van der Waals surface area contributed by atoms with Gasteiger partial charge in [0.1, 0.15) is 5.60 Å². The average Bonchev–Trinajstić information content (AvgIpc) is 3.18. The number of esters is 3. The SMILES string of the molecule is CCOC(=O)C1(C(=O)OCC)Cc2ccc(C(C)(CCCC(C)(C)CO)C(=O)OC(C)(C)C)cc2C1. The van der Waals surface area contributed by atoms with Gasteiger partial charge in [0.05, 0.1) is 18.6 Å². The minimum atomic E-state index is -1.42. The first-order valence-electron chi connectivity index (χ1n) is 12.9. The molecule has 202 valence electrons. The fourth-order valence-electron chi connectivity index (χ4n) is 4.68. The van der Waals surface area contributed by atoms with E-state index in [4.69, 9.17) is 14.2 Å². The predicted octanol–water partition coefficient (Wildman–Crippen LogP) is 4.69. The normalized spacial score (nSPS) is 16.6. The highest BCUT2D eigenvalue weighted by Gasteiger charge is 2.53. The fraction of sp³-hybridized carbons (Fsp3) is 0.690. The Balaban J connectivity index is 2.46. The van der Waals surface area contributed by atoms with Crippen LogP contribution in [0.2, 0.25) is 0 Å². The first kappa shape index (κ1) is 29.8. The molecule has 0 saturated heterocycles. The smallest absolute Gasteiger partial charge is 0.324 e. The van der Waals surface area contributed by atoms with Gasteiger partial charge in [0.15, 0.2) is 5.41 Å². The number of rotatable bonds is 11. The molecule has 1 aliphatic rings. The fourth-order valence-corrected chi connectivity index (χ4v) is 4.68. The van der Waals surface area contributed by atoms with Crippen LogP contribution in [0.25, 0.3) is 0 Å². The van der Waals surface area contributed by atoms with Crippen LogP contribution in [-0.4, -0.2) is 48.4 Å². The van der Waals surface area contributed by atoms with Crippen LogP contribution < -0.4 is 0 Å². The van der Waals surface area contributed by atoms with Crippen LogP contribution >= 0.6 is 0 Å². The third-order valence-electron chi connectivity index (χ3n) is 6.97. The van der Waals surface area contributed by atoms with Gasteiger partial charge in [0.2, 0.25) is 0 Å². The Kier molecular flexibility index (Phi) is 9.38. The van der Waals surface area contributed by atoms with Crippen molar-refractivity contribution in [2.24, 2.45) is 10.8 Å². The molecule has 0 heterocycles. The summed E-state index contributed by atoms with van der Waals surface area (Å²) < 4.78 is 16.4. The Morgan fingerprint density at radius 1 is 0.889 bits per heavy atom. The van der Waals surface area contributed by atoms with Crippen LogP contribution in [0.5, 0.6) is 0 Å². The molecule has 0 aromatic heterocycles. The van der Waals surface area contributed by atoms with Crippen molar-refractivity contribution in [3.63, 3.8) is 0 Å². The molecule has 7 nitrogen and oxygen atoms in total. The lowest BCUT2D eigenvalue weighted by Gasteiger charge is -2.33. The van der Waals surface area contributed by atoms with Crippen LogP contribution in [0.15, 0.2) is 18.2 Å². The number of ether oxygens (including phenoxy) is 3. The quantitative estimate of drug-likeness (QED) is 0.265. The zero-order chi connectivity index (χ0) is 27.4. The van der Waals surface area contributed by atoms with Crippen molar-refractivity contribution in [2.45, 2.75) is 98.5 Å². The van der Waals surface area contributed by atoms with E-state index in [2.05, 4.69) is 0 Å². The highest BCUT2D eigenvalue weighted by atomic mass is 16.6. The maximum Gasteiger partial charge on any atom is 0.324 e. The second kappa shape index (κ2) is 11.3. The third-order valence-corrected chi connectivity index (χ3v) is 6.97. The van der Waals surface area contributed by atoms with Gasteiger partial charge in [-0.25, -0.2) is 0 Å². The first-order valence-corrected chi connectivity index (χ1v) is 12.9. The van der Waals surface area contributed by atoms with Crippen molar-refractivity contribution in [2.75, 3.05) is 19.8 Å². The molecule has 0 radical (unpaired) electrons. The molecule has 1 aromatic rings. The number of carbonyl (C=O) groups is 3. The molecule has 0 bridgehead atoms. The highest BCUT2D eigenvalue weighted by molar-refractivity contribution is 6.01. The molecular formula is C29H44O7. The van der Waals surface area contributed by atoms with E-state index in [9.17, 15) is 19.5 Å². The molecular weight excluding hydrogens is 460 g/mol.